The Kier molecular flexibility index (Phi) is 7.37. The molecule has 0 spiro atoms. The Morgan fingerprint density at radius 1 is 1.00 bits per heavy atom. The molecule has 6 heteroatoms. The fourth-order valence-corrected chi connectivity index (χ4v) is 3.05. The molecule has 140 valence electrons. The minimum atomic E-state index is -0.120. The van der Waals surface area contributed by atoms with Crippen molar-refractivity contribution in [2.24, 2.45) is 5.73 Å². The minimum Gasteiger partial charge on any atom is -0.490 e. The van der Waals surface area contributed by atoms with Gasteiger partial charge in [0.1, 0.15) is 0 Å². The molecule has 1 aromatic carbocycles. The number of carbonyl (C=O) groups is 1. The maximum absolute atomic E-state index is 12.7. The molecule has 1 aliphatic rings. The van der Waals surface area contributed by atoms with Crippen LogP contribution in [0.15, 0.2) is 12.1 Å². The van der Waals surface area contributed by atoms with E-state index in [9.17, 15) is 4.79 Å². The van der Waals surface area contributed by atoms with Crippen LogP contribution >= 0.6 is 0 Å². The lowest BCUT2D eigenvalue weighted by molar-refractivity contribution is 0.0924. The number of amides is 1. The van der Waals surface area contributed by atoms with Gasteiger partial charge < -0.3 is 25.3 Å². The molecule has 0 atom stereocenters. The van der Waals surface area contributed by atoms with Gasteiger partial charge >= 0.3 is 0 Å². The molecule has 3 N–H and O–H groups in total. The summed E-state index contributed by atoms with van der Waals surface area (Å²) in [6, 6.07) is 3.87. The molecule has 0 aromatic heterocycles. The third-order valence-electron chi connectivity index (χ3n) is 4.28. The smallest absolute Gasteiger partial charge is 0.251 e. The fourth-order valence-electron chi connectivity index (χ4n) is 3.05. The second-order valence-electron chi connectivity index (χ2n) is 6.19. The number of benzene rings is 1. The first-order valence-corrected chi connectivity index (χ1v) is 9.21. The molecule has 6 nitrogen and oxygen atoms in total. The van der Waals surface area contributed by atoms with Gasteiger partial charge in [0.2, 0.25) is 5.75 Å². The van der Waals surface area contributed by atoms with Gasteiger partial charge in [0.05, 0.1) is 19.8 Å². The normalized spacial score (nSPS) is 20.0. The molecule has 0 aliphatic heterocycles. The molecule has 0 saturated heterocycles. The van der Waals surface area contributed by atoms with Gasteiger partial charge in [-0.2, -0.15) is 0 Å². The Balaban J connectivity index is 2.21. The predicted molar refractivity (Wildman–Crippen MR) is 97.6 cm³/mol. The van der Waals surface area contributed by atoms with Crippen molar-refractivity contribution in [2.75, 3.05) is 19.8 Å². The summed E-state index contributed by atoms with van der Waals surface area (Å²) in [4.78, 5) is 12.7. The van der Waals surface area contributed by atoms with Crippen molar-refractivity contribution in [2.45, 2.75) is 58.5 Å². The summed E-state index contributed by atoms with van der Waals surface area (Å²) >= 11 is 0. The van der Waals surface area contributed by atoms with Gasteiger partial charge in [-0.3, -0.25) is 4.79 Å². The number of nitrogens with one attached hydrogen (secondary N) is 1. The number of rotatable bonds is 8. The minimum absolute atomic E-state index is 0.120. The molecule has 0 unspecified atom stereocenters. The summed E-state index contributed by atoms with van der Waals surface area (Å²) in [5.74, 6) is 1.49. The summed E-state index contributed by atoms with van der Waals surface area (Å²) < 4.78 is 17.0. The first kappa shape index (κ1) is 19.4. The van der Waals surface area contributed by atoms with Crippen LogP contribution in [0.5, 0.6) is 17.2 Å². The topological polar surface area (TPSA) is 82.8 Å². The Morgan fingerprint density at radius 3 is 2.00 bits per heavy atom. The van der Waals surface area contributed by atoms with Crippen LogP contribution in [0.25, 0.3) is 0 Å². The zero-order chi connectivity index (χ0) is 18.2. The van der Waals surface area contributed by atoms with E-state index in [2.05, 4.69) is 5.32 Å². The van der Waals surface area contributed by atoms with Crippen molar-refractivity contribution in [1.82, 2.24) is 5.32 Å². The summed E-state index contributed by atoms with van der Waals surface area (Å²) in [6.07, 6.45) is 3.73. The fraction of sp³-hybridized carbons (Fsp3) is 0.632. The Hall–Kier alpha value is -1.95. The first-order chi connectivity index (χ1) is 12.1. The second kappa shape index (κ2) is 9.51. The van der Waals surface area contributed by atoms with Crippen LogP contribution in [0.3, 0.4) is 0 Å². The average Bonchev–Trinajstić information content (AvgIpc) is 2.60. The highest BCUT2D eigenvalue weighted by Gasteiger charge is 2.23. The Morgan fingerprint density at radius 2 is 1.52 bits per heavy atom. The predicted octanol–water partition coefficient (Wildman–Crippen LogP) is 2.88. The van der Waals surface area contributed by atoms with Crippen LogP contribution < -0.4 is 25.3 Å². The van der Waals surface area contributed by atoms with Gasteiger partial charge in [0, 0.05) is 17.6 Å². The largest absolute Gasteiger partial charge is 0.490 e. The van der Waals surface area contributed by atoms with E-state index in [0.717, 1.165) is 25.7 Å². The van der Waals surface area contributed by atoms with Crippen molar-refractivity contribution in [3.05, 3.63) is 17.7 Å². The molecule has 0 bridgehead atoms. The molecule has 1 amide bonds. The lowest BCUT2D eigenvalue weighted by Gasteiger charge is -2.27. The van der Waals surface area contributed by atoms with Gasteiger partial charge in [0.15, 0.2) is 11.5 Å². The molecule has 1 saturated carbocycles. The van der Waals surface area contributed by atoms with Crippen molar-refractivity contribution >= 4 is 5.91 Å². The van der Waals surface area contributed by atoms with E-state index in [1.54, 1.807) is 12.1 Å². The van der Waals surface area contributed by atoms with Gasteiger partial charge in [-0.15, -0.1) is 0 Å². The van der Waals surface area contributed by atoms with Crippen LogP contribution in [0.1, 0.15) is 56.8 Å². The second-order valence-corrected chi connectivity index (χ2v) is 6.19. The number of hydrogen-bond donors (Lipinski definition) is 2. The average molecular weight is 350 g/mol. The van der Waals surface area contributed by atoms with Crippen molar-refractivity contribution < 1.29 is 19.0 Å². The van der Waals surface area contributed by atoms with Gasteiger partial charge in [-0.25, -0.2) is 0 Å². The van der Waals surface area contributed by atoms with Crippen molar-refractivity contribution in [1.29, 1.82) is 0 Å². The molecule has 1 aromatic rings. The van der Waals surface area contributed by atoms with E-state index in [1.165, 1.54) is 0 Å². The lowest BCUT2D eigenvalue weighted by Crippen LogP contribution is -2.40. The van der Waals surface area contributed by atoms with Crippen LogP contribution in [-0.2, 0) is 0 Å². The number of nitrogens with two attached hydrogens (primary N) is 1. The maximum Gasteiger partial charge on any atom is 0.251 e. The monoisotopic (exact) mass is 350 g/mol. The van der Waals surface area contributed by atoms with E-state index in [1.807, 2.05) is 20.8 Å². The molecule has 2 rings (SSSR count). The molecule has 1 fully saturated rings. The van der Waals surface area contributed by atoms with Gasteiger partial charge in [-0.05, 0) is 58.6 Å². The zero-order valence-corrected chi connectivity index (χ0v) is 15.5. The van der Waals surface area contributed by atoms with Crippen LogP contribution in [-0.4, -0.2) is 37.8 Å². The maximum atomic E-state index is 12.7. The summed E-state index contributed by atoms with van der Waals surface area (Å²) in [6.45, 7) is 7.16. The third kappa shape index (κ3) is 5.26. The van der Waals surface area contributed by atoms with Crippen LogP contribution in [0.4, 0.5) is 0 Å². The summed E-state index contributed by atoms with van der Waals surface area (Å²) in [5.41, 5.74) is 6.45. The molecule has 25 heavy (non-hydrogen) atoms. The van der Waals surface area contributed by atoms with Gasteiger partial charge in [0.25, 0.3) is 5.91 Å². The lowest BCUT2D eigenvalue weighted by atomic mass is 9.91. The third-order valence-corrected chi connectivity index (χ3v) is 4.28. The highest BCUT2D eigenvalue weighted by molar-refractivity contribution is 5.95. The summed E-state index contributed by atoms with van der Waals surface area (Å²) in [7, 11) is 0. The van der Waals surface area contributed by atoms with Crippen molar-refractivity contribution in [3.8, 4) is 17.2 Å². The standard InChI is InChI=1S/C19H30N2O4/c1-4-23-16-11-13(12-17(24-5-2)18(16)25-6-3)19(22)21-15-9-7-14(20)8-10-15/h11-12,14-15H,4-10,20H2,1-3H3,(H,21,22). The van der Waals surface area contributed by atoms with E-state index < -0.39 is 0 Å². The van der Waals surface area contributed by atoms with E-state index >= 15 is 0 Å². The number of hydrogen-bond acceptors (Lipinski definition) is 5. The van der Waals surface area contributed by atoms with E-state index in [0.29, 0.717) is 42.6 Å². The van der Waals surface area contributed by atoms with E-state index in [-0.39, 0.29) is 18.0 Å². The molecule has 0 heterocycles. The SMILES string of the molecule is CCOc1cc(C(=O)NC2CCC(N)CC2)cc(OCC)c1OCC. The van der Waals surface area contributed by atoms with Gasteiger partial charge in [-0.1, -0.05) is 0 Å². The first-order valence-electron chi connectivity index (χ1n) is 9.21. The van der Waals surface area contributed by atoms with E-state index in [4.69, 9.17) is 19.9 Å². The Bertz CT molecular complexity index is 542. The molecular weight excluding hydrogens is 320 g/mol. The molecule has 1 aliphatic carbocycles. The molecular formula is C19H30N2O4. The highest BCUT2D eigenvalue weighted by atomic mass is 16.5. The molecule has 0 radical (unpaired) electrons. The zero-order valence-electron chi connectivity index (χ0n) is 15.5. The Labute approximate surface area is 150 Å². The van der Waals surface area contributed by atoms with Crippen LogP contribution in [0, 0.1) is 0 Å². The van der Waals surface area contributed by atoms with Crippen LogP contribution in [0.2, 0.25) is 0 Å². The quantitative estimate of drug-likeness (QED) is 0.753. The number of carbonyl (C=O) groups excluding carboxylic acids is 1. The highest BCUT2D eigenvalue weighted by Crippen LogP contribution is 2.39. The number of ether oxygens (including phenoxy) is 3. The summed E-state index contributed by atoms with van der Waals surface area (Å²) in [5, 5.41) is 3.10. The van der Waals surface area contributed by atoms with Crippen molar-refractivity contribution in [3.63, 3.8) is 0 Å².